The molecule has 4 nitrogen and oxygen atoms in total. The van der Waals surface area contributed by atoms with Gasteiger partial charge in [-0.15, -0.1) is 0 Å². The second-order valence-electron chi connectivity index (χ2n) is 0.673. The van der Waals surface area contributed by atoms with Gasteiger partial charge in [0.2, 0.25) is 0 Å². The van der Waals surface area contributed by atoms with E-state index in [0.29, 0.717) is 0 Å². The predicted octanol–water partition coefficient (Wildman–Crippen LogP) is -5.69. The summed E-state index contributed by atoms with van der Waals surface area (Å²) in [5, 5.41) is 0. The van der Waals surface area contributed by atoms with Gasteiger partial charge in [-0.05, 0) is 0 Å². The van der Waals surface area contributed by atoms with Gasteiger partial charge in [0.1, 0.15) is 0 Å². The summed E-state index contributed by atoms with van der Waals surface area (Å²) < 4.78 is 13.2. The van der Waals surface area contributed by atoms with Crippen molar-refractivity contribution in [3.8, 4) is 0 Å². The molecule has 9 heavy (non-hydrogen) atoms. The van der Waals surface area contributed by atoms with Gasteiger partial charge in [-0.2, -0.15) is 0 Å². The third-order valence-electron chi connectivity index (χ3n) is 0.238. The minimum Gasteiger partial charge on any atom is -1.00 e. The first kappa shape index (κ1) is 22.5. The zero-order valence-corrected chi connectivity index (χ0v) is 9.11. The summed E-state index contributed by atoms with van der Waals surface area (Å²) in [5.74, 6) is 0. The van der Waals surface area contributed by atoms with Crippen molar-refractivity contribution in [1.29, 1.82) is 0 Å². The summed E-state index contributed by atoms with van der Waals surface area (Å²) in [6.45, 7) is 0. The third-order valence-corrected chi connectivity index (χ3v) is 2.14. The minimum atomic E-state index is -4.08. The summed E-state index contributed by atoms with van der Waals surface area (Å²) in [5.41, 5.74) is 0. The molecule has 2 N–H and O–H groups in total. The summed E-state index contributed by atoms with van der Waals surface area (Å²) in [6, 6.07) is 0. The molecule has 0 saturated heterocycles. The van der Waals surface area contributed by atoms with Gasteiger partial charge >= 0.3 is 26.7 Å². The standard InChI is InChI=1S/Al.Li.H5O4PSi.Ti.4H/c;;1-5(2,3)4-6;;;;;/h;;6H3,(H2,1,2,3);;;;;/q;+1;;;;;;-1. The van der Waals surface area contributed by atoms with Crippen LogP contribution in [0.15, 0.2) is 0 Å². The Labute approximate surface area is 95.6 Å². The normalized spacial score (nSPS) is 8.22. The van der Waals surface area contributed by atoms with Crippen LogP contribution in [0.2, 0.25) is 0 Å². The molecule has 0 aliphatic carbocycles. The molecule has 0 fully saturated rings. The maximum Gasteiger partial charge on any atom is 1.00 e. The van der Waals surface area contributed by atoms with E-state index in [1.54, 1.807) is 0 Å². The first-order valence-electron chi connectivity index (χ1n) is 1.17. The molecule has 0 aromatic carbocycles. The second kappa shape index (κ2) is 10.2. The van der Waals surface area contributed by atoms with Crippen molar-refractivity contribution in [2.24, 2.45) is 0 Å². The Hall–Kier alpha value is 2.17. The van der Waals surface area contributed by atoms with Gasteiger partial charge in [-0.1, -0.05) is 0 Å². The Balaban J connectivity index is -0.0000000208. The van der Waals surface area contributed by atoms with E-state index in [-0.39, 0.29) is 69.9 Å². The predicted molar refractivity (Wildman–Crippen MR) is 34.1 cm³/mol. The van der Waals surface area contributed by atoms with Crippen molar-refractivity contribution in [1.82, 2.24) is 0 Å². The molecule has 9 heteroatoms. The van der Waals surface area contributed by atoms with E-state index in [4.69, 9.17) is 9.79 Å². The van der Waals surface area contributed by atoms with Gasteiger partial charge in [-0.25, -0.2) is 4.57 Å². The van der Waals surface area contributed by atoms with Crippen LogP contribution in [0.5, 0.6) is 0 Å². The second-order valence-corrected chi connectivity index (χ2v) is 3.11. The molecule has 0 radical (unpaired) electrons. The van der Waals surface area contributed by atoms with Gasteiger partial charge < -0.3 is 15.4 Å². The summed E-state index contributed by atoms with van der Waals surface area (Å²) in [6.07, 6.45) is 0. The minimum absolute atomic E-state index is 0. The fourth-order valence-corrected chi connectivity index (χ4v) is 0. The van der Waals surface area contributed by atoms with Crippen LogP contribution in [0, 0.1) is 0 Å². The van der Waals surface area contributed by atoms with Gasteiger partial charge in [0.25, 0.3) is 0 Å². The number of phosphoric acid groups is 1. The Morgan fingerprint density at radius 1 is 1.56 bits per heavy atom. The Bertz CT molecular complexity index is 89.3. The number of hydrogen-bond donors (Lipinski definition) is 2. The van der Waals surface area contributed by atoms with Gasteiger partial charge in [-0.3, -0.25) is 0 Å². The van der Waals surface area contributed by atoms with Crippen molar-refractivity contribution in [3.63, 3.8) is 0 Å². The largest absolute Gasteiger partial charge is 1.00 e. The van der Waals surface area contributed by atoms with Crippen LogP contribution in [0.3, 0.4) is 0 Å². The van der Waals surface area contributed by atoms with Crippen molar-refractivity contribution >= 4 is 35.7 Å². The fourth-order valence-electron chi connectivity index (χ4n) is 0. The average molecular weight is 214 g/mol. The van der Waals surface area contributed by atoms with E-state index in [9.17, 15) is 4.57 Å². The first-order chi connectivity index (χ1) is 2.56. The maximum atomic E-state index is 9.51. The quantitative estimate of drug-likeness (QED) is 0.337. The first-order valence-corrected chi connectivity index (χ1v) is 3.52. The van der Waals surface area contributed by atoms with E-state index in [0.717, 1.165) is 0 Å². The monoisotopic (exact) mass is 214 g/mol. The van der Waals surface area contributed by atoms with E-state index < -0.39 is 7.82 Å². The number of rotatable bonds is 1. The Morgan fingerprint density at radius 2 is 1.67 bits per heavy atom. The molecular formula is H9AlLiO4PSiTi. The van der Waals surface area contributed by atoms with E-state index in [1.165, 1.54) is 0 Å². The van der Waals surface area contributed by atoms with Crippen molar-refractivity contribution in [3.05, 3.63) is 0 Å². The van der Waals surface area contributed by atoms with Crippen LogP contribution in [0.25, 0.3) is 0 Å². The van der Waals surface area contributed by atoms with Gasteiger partial charge in [0.05, 0.1) is 0 Å². The van der Waals surface area contributed by atoms with Crippen LogP contribution in [0.1, 0.15) is 1.43 Å². The molecular weight excluding hydrogens is 205 g/mol. The topological polar surface area (TPSA) is 66.8 Å². The number of hydrogen-bond acceptors (Lipinski definition) is 2. The third kappa shape index (κ3) is 25.4. The summed E-state index contributed by atoms with van der Waals surface area (Å²) in [7, 11) is -4.00. The molecule has 0 aliphatic rings. The van der Waals surface area contributed by atoms with E-state index >= 15 is 0 Å². The van der Waals surface area contributed by atoms with Crippen molar-refractivity contribution in [2.75, 3.05) is 0 Å². The summed E-state index contributed by atoms with van der Waals surface area (Å²) in [4.78, 5) is 15.5. The molecule has 0 bridgehead atoms. The van der Waals surface area contributed by atoms with Gasteiger partial charge in [0, 0.05) is 21.7 Å². The smallest absolute Gasteiger partial charge is 1.00 e. The molecule has 0 aliphatic heterocycles. The molecule has 0 aromatic rings. The van der Waals surface area contributed by atoms with Crippen LogP contribution < -0.4 is 18.9 Å². The zero-order valence-electron chi connectivity index (χ0n) is 5.66. The molecule has 0 heterocycles. The Morgan fingerprint density at radius 3 is 1.67 bits per heavy atom. The SMILES string of the molecule is O=P(O)(O)O[SiH3].[AlH3].[H-].[Li+].[Ti]. The molecule has 0 atom stereocenters. The van der Waals surface area contributed by atoms with Crippen molar-refractivity contribution < 1.29 is 60.6 Å². The van der Waals surface area contributed by atoms with E-state index in [2.05, 4.69) is 4.21 Å². The van der Waals surface area contributed by atoms with Crippen LogP contribution in [-0.4, -0.2) is 37.6 Å². The van der Waals surface area contributed by atoms with Crippen LogP contribution in [0.4, 0.5) is 0 Å². The molecule has 0 spiro atoms. The van der Waals surface area contributed by atoms with Crippen LogP contribution in [-0.2, 0) is 30.5 Å². The molecule has 0 amide bonds. The molecule has 50 valence electrons. The zero-order chi connectivity index (χ0) is 5.21. The van der Waals surface area contributed by atoms with E-state index in [1.807, 2.05) is 0 Å². The summed E-state index contributed by atoms with van der Waals surface area (Å²) >= 11 is 0. The van der Waals surface area contributed by atoms with Gasteiger partial charge in [0.15, 0.2) is 27.8 Å². The average Bonchev–Trinajstić information content (AvgIpc) is 1.35. The maximum absolute atomic E-state index is 9.51. The van der Waals surface area contributed by atoms with Crippen molar-refractivity contribution in [2.45, 2.75) is 0 Å². The van der Waals surface area contributed by atoms with Crippen LogP contribution >= 0.6 is 7.82 Å². The fraction of sp³-hybridized carbons (Fsp3) is 0. The Kier molecular flexibility index (Phi) is 25.4. The molecule has 0 aromatic heterocycles. The molecule has 0 rings (SSSR count). The molecule has 0 unspecified atom stereocenters. The molecule has 0 saturated carbocycles.